The van der Waals surface area contributed by atoms with E-state index in [-0.39, 0.29) is 0 Å². The zero-order chi connectivity index (χ0) is 12.0. The second kappa shape index (κ2) is 5.59. The van der Waals surface area contributed by atoms with Crippen molar-refractivity contribution in [3.05, 3.63) is 24.3 Å². The van der Waals surface area contributed by atoms with E-state index in [1.807, 2.05) is 0 Å². The number of hydrogen-bond acceptors (Lipinski definition) is 3. The Morgan fingerprint density at radius 1 is 1.31 bits per heavy atom. The maximum absolute atomic E-state index is 11.2. The highest BCUT2D eigenvalue weighted by Crippen LogP contribution is 2.14. The lowest BCUT2D eigenvalue weighted by atomic mass is 10.3. The average molecular weight is 224 g/mol. The van der Waals surface area contributed by atoms with Crippen molar-refractivity contribution in [3.63, 3.8) is 0 Å². The fourth-order valence-corrected chi connectivity index (χ4v) is 1.01. The molecule has 6 heteroatoms. The number of carboxylic acids is 1. The number of amides is 2. The summed E-state index contributed by atoms with van der Waals surface area (Å²) in [7, 11) is 1.54. The zero-order valence-corrected chi connectivity index (χ0v) is 8.69. The lowest BCUT2D eigenvalue weighted by Crippen LogP contribution is -2.33. The number of urea groups is 1. The Morgan fingerprint density at radius 2 is 1.94 bits per heavy atom. The van der Waals surface area contributed by atoms with Crippen molar-refractivity contribution in [1.82, 2.24) is 5.32 Å². The van der Waals surface area contributed by atoms with Crippen LogP contribution >= 0.6 is 0 Å². The molecule has 0 aromatic heterocycles. The molecule has 86 valence electrons. The summed E-state index contributed by atoms with van der Waals surface area (Å²) >= 11 is 0. The predicted molar refractivity (Wildman–Crippen MR) is 57.7 cm³/mol. The van der Waals surface area contributed by atoms with Crippen LogP contribution in [0, 0.1) is 0 Å². The summed E-state index contributed by atoms with van der Waals surface area (Å²) in [5, 5.41) is 13.0. The molecule has 0 spiro atoms. The van der Waals surface area contributed by atoms with Crippen LogP contribution in [-0.2, 0) is 4.79 Å². The van der Waals surface area contributed by atoms with Gasteiger partial charge in [0, 0.05) is 5.69 Å². The van der Waals surface area contributed by atoms with Gasteiger partial charge < -0.3 is 20.5 Å². The molecule has 6 nitrogen and oxygen atoms in total. The van der Waals surface area contributed by atoms with Crippen LogP contribution in [0.2, 0.25) is 0 Å². The van der Waals surface area contributed by atoms with Gasteiger partial charge in [0.05, 0.1) is 7.11 Å². The molecular formula is C10H12N2O4. The van der Waals surface area contributed by atoms with Gasteiger partial charge >= 0.3 is 12.0 Å². The highest BCUT2D eigenvalue weighted by atomic mass is 16.5. The lowest BCUT2D eigenvalue weighted by Gasteiger charge is -2.06. The maximum atomic E-state index is 11.2. The molecule has 1 aromatic carbocycles. The zero-order valence-electron chi connectivity index (χ0n) is 8.69. The summed E-state index contributed by atoms with van der Waals surface area (Å²) in [6.45, 7) is -0.415. The molecule has 0 aliphatic carbocycles. The summed E-state index contributed by atoms with van der Waals surface area (Å²) in [6, 6.07) is 6.12. The van der Waals surface area contributed by atoms with Crippen LogP contribution in [0.25, 0.3) is 0 Å². The molecule has 0 radical (unpaired) electrons. The Labute approximate surface area is 92.2 Å². The minimum Gasteiger partial charge on any atom is -0.497 e. The van der Waals surface area contributed by atoms with Crippen molar-refractivity contribution in [2.45, 2.75) is 0 Å². The van der Waals surface area contributed by atoms with Gasteiger partial charge in [0.2, 0.25) is 0 Å². The Bertz CT molecular complexity index is 375. The van der Waals surface area contributed by atoms with Gasteiger partial charge in [-0.15, -0.1) is 0 Å². The SMILES string of the molecule is COc1ccc(NC(=O)NCC(=O)O)cc1. The van der Waals surface area contributed by atoms with Gasteiger partial charge in [0.15, 0.2) is 0 Å². The third-order valence-corrected chi connectivity index (χ3v) is 1.75. The van der Waals surface area contributed by atoms with E-state index in [9.17, 15) is 9.59 Å². The van der Waals surface area contributed by atoms with E-state index in [4.69, 9.17) is 9.84 Å². The first-order valence-corrected chi connectivity index (χ1v) is 4.52. The Morgan fingerprint density at radius 3 is 2.44 bits per heavy atom. The molecule has 0 saturated heterocycles. The molecule has 1 rings (SSSR count). The lowest BCUT2D eigenvalue weighted by molar-refractivity contribution is -0.135. The van der Waals surface area contributed by atoms with Crippen molar-refractivity contribution in [3.8, 4) is 5.75 Å². The van der Waals surface area contributed by atoms with Crippen LogP contribution in [0.5, 0.6) is 5.75 Å². The minimum atomic E-state index is -1.09. The van der Waals surface area contributed by atoms with Gasteiger partial charge in [-0.05, 0) is 24.3 Å². The van der Waals surface area contributed by atoms with Crippen LogP contribution in [-0.4, -0.2) is 30.8 Å². The minimum absolute atomic E-state index is 0.415. The van der Waals surface area contributed by atoms with Crippen molar-refractivity contribution < 1.29 is 19.4 Å². The number of methoxy groups -OCH3 is 1. The molecular weight excluding hydrogens is 212 g/mol. The van der Waals surface area contributed by atoms with E-state index in [1.54, 1.807) is 31.4 Å². The van der Waals surface area contributed by atoms with Crippen molar-refractivity contribution in [2.75, 3.05) is 19.0 Å². The number of benzene rings is 1. The van der Waals surface area contributed by atoms with Gasteiger partial charge in [0.25, 0.3) is 0 Å². The Balaban J connectivity index is 2.46. The first-order valence-electron chi connectivity index (χ1n) is 4.52. The maximum Gasteiger partial charge on any atom is 0.323 e. The molecule has 0 unspecified atom stereocenters. The van der Waals surface area contributed by atoms with E-state index in [1.165, 1.54) is 0 Å². The Kier molecular flexibility index (Phi) is 4.14. The van der Waals surface area contributed by atoms with E-state index < -0.39 is 18.5 Å². The smallest absolute Gasteiger partial charge is 0.323 e. The number of rotatable bonds is 4. The number of carbonyl (C=O) groups excluding carboxylic acids is 1. The fourth-order valence-electron chi connectivity index (χ4n) is 1.01. The highest BCUT2D eigenvalue weighted by molar-refractivity contribution is 5.91. The van der Waals surface area contributed by atoms with E-state index in [0.29, 0.717) is 11.4 Å². The van der Waals surface area contributed by atoms with Crippen molar-refractivity contribution in [2.24, 2.45) is 0 Å². The molecule has 2 amide bonds. The summed E-state index contributed by atoms with van der Waals surface area (Å²) in [4.78, 5) is 21.3. The summed E-state index contributed by atoms with van der Waals surface area (Å²) in [5.41, 5.74) is 0.559. The van der Waals surface area contributed by atoms with Crippen LogP contribution in [0.1, 0.15) is 0 Å². The van der Waals surface area contributed by atoms with Crippen molar-refractivity contribution >= 4 is 17.7 Å². The average Bonchev–Trinajstić information content (AvgIpc) is 2.27. The molecule has 0 atom stereocenters. The van der Waals surface area contributed by atoms with Crippen LogP contribution in [0.4, 0.5) is 10.5 Å². The first kappa shape index (κ1) is 11.8. The molecule has 1 aromatic rings. The molecule has 0 fully saturated rings. The second-order valence-corrected chi connectivity index (χ2v) is 2.93. The molecule has 3 N–H and O–H groups in total. The molecule has 0 heterocycles. The molecule has 0 saturated carbocycles. The van der Waals surface area contributed by atoms with Gasteiger partial charge in [-0.3, -0.25) is 4.79 Å². The van der Waals surface area contributed by atoms with Gasteiger partial charge in [0.1, 0.15) is 12.3 Å². The largest absolute Gasteiger partial charge is 0.497 e. The summed E-state index contributed by atoms with van der Waals surface area (Å²) < 4.78 is 4.95. The number of ether oxygens (including phenoxy) is 1. The normalized spacial score (nSPS) is 9.31. The number of hydrogen-bond donors (Lipinski definition) is 3. The van der Waals surface area contributed by atoms with Crippen LogP contribution in [0.15, 0.2) is 24.3 Å². The highest BCUT2D eigenvalue weighted by Gasteiger charge is 2.03. The second-order valence-electron chi connectivity index (χ2n) is 2.93. The number of carbonyl (C=O) groups is 2. The number of nitrogens with one attached hydrogen (secondary N) is 2. The number of anilines is 1. The van der Waals surface area contributed by atoms with Gasteiger partial charge in [-0.2, -0.15) is 0 Å². The van der Waals surface area contributed by atoms with Crippen LogP contribution < -0.4 is 15.4 Å². The van der Waals surface area contributed by atoms with E-state index in [2.05, 4.69) is 10.6 Å². The quantitative estimate of drug-likeness (QED) is 0.709. The first-order chi connectivity index (χ1) is 7.61. The van der Waals surface area contributed by atoms with Gasteiger partial charge in [-0.25, -0.2) is 4.79 Å². The van der Waals surface area contributed by atoms with Crippen molar-refractivity contribution in [1.29, 1.82) is 0 Å². The van der Waals surface area contributed by atoms with Gasteiger partial charge in [-0.1, -0.05) is 0 Å². The topological polar surface area (TPSA) is 87.7 Å². The molecule has 0 bridgehead atoms. The number of aliphatic carboxylic acids is 1. The van der Waals surface area contributed by atoms with E-state index in [0.717, 1.165) is 0 Å². The fraction of sp³-hybridized carbons (Fsp3) is 0.200. The molecule has 0 aliphatic heterocycles. The van der Waals surface area contributed by atoms with E-state index >= 15 is 0 Å². The molecule has 0 aliphatic rings. The third kappa shape index (κ3) is 3.87. The predicted octanol–water partition coefficient (Wildman–Crippen LogP) is 0.901. The molecule has 16 heavy (non-hydrogen) atoms. The standard InChI is InChI=1S/C10H12N2O4/c1-16-8-4-2-7(3-5-8)12-10(15)11-6-9(13)14/h2-5H,6H2,1H3,(H,13,14)(H2,11,12,15). The van der Waals surface area contributed by atoms with Crippen LogP contribution in [0.3, 0.4) is 0 Å². The number of carboxylic acid groups (broad SMARTS) is 1. The summed E-state index contributed by atoms with van der Waals surface area (Å²) in [6.07, 6.45) is 0. The monoisotopic (exact) mass is 224 g/mol. The Hall–Kier alpha value is -2.24. The summed E-state index contributed by atoms with van der Waals surface area (Å²) in [5.74, 6) is -0.415. The third-order valence-electron chi connectivity index (χ3n) is 1.75.